The predicted octanol–water partition coefficient (Wildman–Crippen LogP) is 3.57. The Hall–Kier alpha value is -2.21. The van der Waals surface area contributed by atoms with Gasteiger partial charge in [0, 0.05) is 19.4 Å². The Bertz CT molecular complexity index is 845. The van der Waals surface area contributed by atoms with E-state index in [9.17, 15) is 14.7 Å². The second kappa shape index (κ2) is 7.66. The van der Waals surface area contributed by atoms with E-state index in [1.165, 1.54) is 7.11 Å². The van der Waals surface area contributed by atoms with Crippen molar-refractivity contribution >= 4 is 23.3 Å². The van der Waals surface area contributed by atoms with E-state index < -0.39 is 6.04 Å². The molecule has 1 aromatic carbocycles. The lowest BCUT2D eigenvalue weighted by molar-refractivity contribution is -0.131. The number of Topliss-reactive ketones (excluding diaryl/α,β-unsaturated/α-hetero) is 1. The third-order valence-electron chi connectivity index (χ3n) is 5.48. The fourth-order valence-electron chi connectivity index (χ4n) is 4.21. The number of carbonyl (C=O) groups excluding carboxylic acids is 2. The molecule has 0 saturated heterocycles. The molecule has 0 bridgehead atoms. The molecule has 1 heterocycles. The molecule has 1 aliphatic heterocycles. The lowest BCUT2D eigenvalue weighted by Gasteiger charge is -2.41. The van der Waals surface area contributed by atoms with Crippen molar-refractivity contribution in [2.24, 2.45) is 5.41 Å². The number of halogens is 1. The molecule has 0 fully saturated rings. The van der Waals surface area contributed by atoms with Gasteiger partial charge < -0.3 is 19.5 Å². The highest BCUT2D eigenvalue weighted by Gasteiger charge is 2.42. The van der Waals surface area contributed by atoms with Gasteiger partial charge in [0.1, 0.15) is 11.6 Å². The van der Waals surface area contributed by atoms with Gasteiger partial charge >= 0.3 is 0 Å². The van der Waals surface area contributed by atoms with Gasteiger partial charge in [-0.2, -0.15) is 0 Å². The van der Waals surface area contributed by atoms with Crippen LogP contribution in [0.2, 0.25) is 0 Å². The van der Waals surface area contributed by atoms with Crippen molar-refractivity contribution < 1.29 is 24.2 Å². The first-order chi connectivity index (χ1) is 13.2. The van der Waals surface area contributed by atoms with Crippen molar-refractivity contribution in [3.63, 3.8) is 0 Å². The Kier molecular flexibility index (Phi) is 5.62. The van der Waals surface area contributed by atoms with E-state index in [0.717, 1.165) is 11.1 Å². The quantitative estimate of drug-likeness (QED) is 0.772. The Labute approximate surface area is 170 Å². The van der Waals surface area contributed by atoms with E-state index >= 15 is 0 Å². The fourth-order valence-corrected chi connectivity index (χ4v) is 4.37. The van der Waals surface area contributed by atoms with Gasteiger partial charge in [-0.25, -0.2) is 0 Å². The minimum absolute atomic E-state index is 0.0428. The normalized spacial score (nSPS) is 21.4. The van der Waals surface area contributed by atoms with Crippen LogP contribution in [0.3, 0.4) is 0 Å². The molecule has 28 heavy (non-hydrogen) atoms. The number of aliphatic hydroxyl groups excluding tert-OH is 1. The van der Waals surface area contributed by atoms with Crippen molar-refractivity contribution in [2.45, 2.75) is 39.2 Å². The van der Waals surface area contributed by atoms with Crippen molar-refractivity contribution in [1.82, 2.24) is 4.90 Å². The molecule has 6 nitrogen and oxygen atoms in total. The van der Waals surface area contributed by atoms with Gasteiger partial charge in [0.15, 0.2) is 17.3 Å². The summed E-state index contributed by atoms with van der Waals surface area (Å²) in [6.45, 7) is 4.30. The third kappa shape index (κ3) is 3.58. The molecule has 7 heteroatoms. The molecule has 1 aliphatic carbocycles. The zero-order valence-corrected chi connectivity index (χ0v) is 17.4. The largest absolute Gasteiger partial charge is 0.512 e. The molecule has 0 spiro atoms. The molecule has 0 saturated carbocycles. The van der Waals surface area contributed by atoms with Crippen LogP contribution in [-0.2, 0) is 16.0 Å². The number of alkyl halides is 1. The number of hydrogen-bond donors (Lipinski definition) is 1. The maximum atomic E-state index is 13.0. The molecule has 0 unspecified atom stereocenters. The zero-order chi connectivity index (χ0) is 20.6. The molecule has 1 atom stereocenters. The summed E-state index contributed by atoms with van der Waals surface area (Å²) in [5, 5.41) is 10.8. The van der Waals surface area contributed by atoms with Gasteiger partial charge in [-0.3, -0.25) is 9.59 Å². The number of hydrogen-bond acceptors (Lipinski definition) is 5. The topological polar surface area (TPSA) is 76.1 Å². The molecular formula is C21H26ClNO5. The second-order valence-corrected chi connectivity index (χ2v) is 8.35. The lowest BCUT2D eigenvalue weighted by atomic mass is 9.73. The smallest absolute Gasteiger partial charge is 0.238 e. The number of carbonyl (C=O) groups is 2. The minimum atomic E-state index is -0.682. The Balaban J connectivity index is 2.20. The predicted molar refractivity (Wildman–Crippen MR) is 106 cm³/mol. The van der Waals surface area contributed by atoms with Crippen LogP contribution < -0.4 is 9.47 Å². The number of benzene rings is 1. The average Bonchev–Trinajstić information content (AvgIpc) is 2.64. The van der Waals surface area contributed by atoms with E-state index in [4.69, 9.17) is 21.1 Å². The van der Waals surface area contributed by atoms with Gasteiger partial charge in [0.25, 0.3) is 0 Å². The number of rotatable bonds is 4. The molecule has 1 N–H and O–H groups in total. The Morgan fingerprint density at radius 2 is 1.89 bits per heavy atom. The molecular weight excluding hydrogens is 382 g/mol. The van der Waals surface area contributed by atoms with Crippen LogP contribution in [0.25, 0.3) is 0 Å². The van der Waals surface area contributed by atoms with Crippen LogP contribution in [0.4, 0.5) is 0 Å². The van der Waals surface area contributed by atoms with E-state index in [1.807, 2.05) is 19.9 Å². The maximum absolute atomic E-state index is 13.0. The molecule has 3 rings (SSSR count). The van der Waals surface area contributed by atoms with Gasteiger partial charge in [0.2, 0.25) is 5.91 Å². The molecule has 1 amide bonds. The van der Waals surface area contributed by atoms with Crippen molar-refractivity contribution in [1.29, 1.82) is 0 Å². The zero-order valence-electron chi connectivity index (χ0n) is 16.7. The van der Waals surface area contributed by atoms with E-state index in [2.05, 4.69) is 0 Å². The first-order valence-electron chi connectivity index (χ1n) is 9.28. The van der Waals surface area contributed by atoms with E-state index in [1.54, 1.807) is 18.1 Å². The summed E-state index contributed by atoms with van der Waals surface area (Å²) in [5.74, 6) is 0.536. The first-order valence-corrected chi connectivity index (χ1v) is 9.81. The van der Waals surface area contributed by atoms with Crippen LogP contribution in [0, 0.1) is 5.41 Å². The number of ether oxygens (including phenoxy) is 2. The number of methoxy groups -OCH3 is 2. The minimum Gasteiger partial charge on any atom is -0.512 e. The van der Waals surface area contributed by atoms with E-state index in [0.29, 0.717) is 37.3 Å². The number of amides is 1. The first kappa shape index (κ1) is 20.5. The summed E-state index contributed by atoms with van der Waals surface area (Å²) in [4.78, 5) is 27.2. The Morgan fingerprint density at radius 1 is 1.25 bits per heavy atom. The summed E-state index contributed by atoms with van der Waals surface area (Å²) in [6.07, 6.45) is 1.30. The summed E-state index contributed by atoms with van der Waals surface area (Å²) in [5.41, 5.74) is 1.68. The van der Waals surface area contributed by atoms with E-state index in [-0.39, 0.29) is 34.3 Å². The highest BCUT2D eigenvalue weighted by Crippen LogP contribution is 2.46. The fraction of sp³-hybridized carbons (Fsp3) is 0.524. The molecule has 152 valence electrons. The van der Waals surface area contributed by atoms with Gasteiger partial charge in [0.05, 0.1) is 25.8 Å². The third-order valence-corrected chi connectivity index (χ3v) is 5.71. The van der Waals surface area contributed by atoms with Crippen molar-refractivity contribution in [3.8, 4) is 11.5 Å². The maximum Gasteiger partial charge on any atom is 0.238 e. The average molecular weight is 408 g/mol. The number of fused-ring (bicyclic) bond motifs is 1. The summed E-state index contributed by atoms with van der Waals surface area (Å²) < 4.78 is 10.8. The number of ketones is 1. The second-order valence-electron chi connectivity index (χ2n) is 8.08. The molecule has 2 aliphatic rings. The van der Waals surface area contributed by atoms with Gasteiger partial charge in [-0.15, -0.1) is 11.6 Å². The number of aliphatic hydroxyl groups is 1. The molecule has 0 radical (unpaired) electrons. The van der Waals surface area contributed by atoms with Crippen LogP contribution in [0.5, 0.6) is 11.5 Å². The van der Waals surface area contributed by atoms with Crippen molar-refractivity contribution in [3.05, 3.63) is 34.6 Å². The van der Waals surface area contributed by atoms with Crippen LogP contribution in [-0.4, -0.2) is 48.3 Å². The number of nitrogens with zero attached hydrogens (tertiary/aromatic N) is 1. The summed E-state index contributed by atoms with van der Waals surface area (Å²) in [7, 11) is 3.10. The van der Waals surface area contributed by atoms with Gasteiger partial charge in [-0.05, 0) is 35.1 Å². The van der Waals surface area contributed by atoms with Crippen LogP contribution in [0.1, 0.15) is 43.9 Å². The Morgan fingerprint density at radius 3 is 2.46 bits per heavy atom. The SMILES string of the molecule is COc1cc2c(cc1OC)[C@H](C1=C(O)CC(C)(C)CC1=O)N(C(=O)CCl)CC2. The highest BCUT2D eigenvalue weighted by molar-refractivity contribution is 6.27. The summed E-state index contributed by atoms with van der Waals surface area (Å²) in [6, 6.07) is 2.98. The highest BCUT2D eigenvalue weighted by atomic mass is 35.5. The van der Waals surface area contributed by atoms with Crippen molar-refractivity contribution in [2.75, 3.05) is 26.6 Å². The van der Waals surface area contributed by atoms with Crippen LogP contribution in [0.15, 0.2) is 23.5 Å². The van der Waals surface area contributed by atoms with Crippen LogP contribution >= 0.6 is 11.6 Å². The lowest BCUT2D eigenvalue weighted by Crippen LogP contribution is -2.44. The standard InChI is InChI=1S/C21H26ClNO5/c1-21(2)9-14(24)19(15(25)10-21)20-13-8-17(28-4)16(27-3)7-12(13)5-6-23(20)18(26)11-22/h7-8,20,24H,5-6,9-11H2,1-4H3/t20-/m1/s1. The van der Waals surface area contributed by atoms with Gasteiger partial charge in [-0.1, -0.05) is 13.8 Å². The number of allylic oxidation sites excluding steroid dienone is 1. The molecule has 0 aromatic heterocycles. The summed E-state index contributed by atoms with van der Waals surface area (Å²) >= 11 is 5.84. The monoisotopic (exact) mass is 407 g/mol. The molecule has 1 aromatic rings.